The van der Waals surface area contributed by atoms with Gasteiger partial charge in [-0.3, -0.25) is 0 Å². The molecule has 1 aromatic carbocycles. The molecular weight excluding hydrogens is 325 g/mol. The smallest absolute Gasteiger partial charge is 0.123 e. The number of hydrogen-bond donors (Lipinski definition) is 1. The lowest BCUT2D eigenvalue weighted by molar-refractivity contribution is 0.545. The van der Waals surface area contributed by atoms with Gasteiger partial charge in [0.1, 0.15) is 5.82 Å². The van der Waals surface area contributed by atoms with Crippen LogP contribution < -0.4 is 5.32 Å². The standard InChI is InChI=1S/C15H17BrFNS/c1-3-18-15(8-14-7-12(16)9-19-14)11-4-10(2)5-13(17)6-11/h4-7,9,15,18H,3,8H2,1-2H3. The van der Waals surface area contributed by atoms with Gasteiger partial charge in [-0.1, -0.05) is 13.0 Å². The molecular formula is C15H17BrFNS. The minimum absolute atomic E-state index is 0.157. The number of rotatable bonds is 5. The average Bonchev–Trinajstić information content (AvgIpc) is 2.73. The van der Waals surface area contributed by atoms with Crippen molar-refractivity contribution in [2.45, 2.75) is 26.3 Å². The molecule has 19 heavy (non-hydrogen) atoms. The Morgan fingerprint density at radius 3 is 2.68 bits per heavy atom. The maximum absolute atomic E-state index is 13.5. The van der Waals surface area contributed by atoms with E-state index in [-0.39, 0.29) is 11.9 Å². The number of halogens is 2. The zero-order valence-corrected chi connectivity index (χ0v) is 13.4. The van der Waals surface area contributed by atoms with Crippen molar-refractivity contribution in [1.29, 1.82) is 0 Å². The van der Waals surface area contributed by atoms with Gasteiger partial charge in [0.25, 0.3) is 0 Å². The molecule has 1 aromatic heterocycles. The normalized spacial score (nSPS) is 12.6. The summed E-state index contributed by atoms with van der Waals surface area (Å²) < 4.78 is 14.6. The van der Waals surface area contributed by atoms with E-state index < -0.39 is 0 Å². The molecule has 0 radical (unpaired) electrons. The summed E-state index contributed by atoms with van der Waals surface area (Å²) in [6, 6.07) is 7.53. The Hall–Kier alpha value is -0.710. The first kappa shape index (κ1) is 14.7. The minimum atomic E-state index is -0.162. The fourth-order valence-corrected chi connectivity index (χ4v) is 3.68. The molecule has 0 aliphatic rings. The third kappa shape index (κ3) is 4.13. The highest BCUT2D eigenvalue weighted by Gasteiger charge is 2.13. The van der Waals surface area contributed by atoms with Gasteiger partial charge in [0, 0.05) is 27.2 Å². The van der Waals surface area contributed by atoms with E-state index in [9.17, 15) is 4.39 Å². The van der Waals surface area contributed by atoms with Crippen molar-refractivity contribution in [3.63, 3.8) is 0 Å². The van der Waals surface area contributed by atoms with Gasteiger partial charge in [-0.15, -0.1) is 11.3 Å². The molecule has 2 rings (SSSR count). The fraction of sp³-hybridized carbons (Fsp3) is 0.333. The van der Waals surface area contributed by atoms with Gasteiger partial charge in [-0.2, -0.15) is 0 Å². The molecule has 0 saturated heterocycles. The number of nitrogens with one attached hydrogen (secondary N) is 1. The maximum Gasteiger partial charge on any atom is 0.123 e. The second-order valence-corrected chi connectivity index (χ2v) is 6.52. The van der Waals surface area contributed by atoms with Gasteiger partial charge in [-0.05, 0) is 58.7 Å². The molecule has 1 heterocycles. The monoisotopic (exact) mass is 341 g/mol. The summed E-state index contributed by atoms with van der Waals surface area (Å²) >= 11 is 5.20. The molecule has 0 amide bonds. The van der Waals surface area contributed by atoms with Crippen LogP contribution >= 0.6 is 27.3 Å². The molecule has 0 aliphatic carbocycles. The number of aryl methyl sites for hydroxylation is 1. The van der Waals surface area contributed by atoms with Crippen molar-refractivity contribution < 1.29 is 4.39 Å². The topological polar surface area (TPSA) is 12.0 Å². The predicted molar refractivity (Wildman–Crippen MR) is 83.3 cm³/mol. The lowest BCUT2D eigenvalue weighted by atomic mass is 10.0. The third-order valence-electron chi connectivity index (χ3n) is 2.94. The van der Waals surface area contributed by atoms with E-state index >= 15 is 0 Å². The van der Waals surface area contributed by atoms with Crippen LogP contribution in [0.5, 0.6) is 0 Å². The first-order valence-electron chi connectivity index (χ1n) is 6.32. The number of benzene rings is 1. The molecule has 1 atom stereocenters. The molecule has 0 bridgehead atoms. The lowest BCUT2D eigenvalue weighted by Gasteiger charge is -2.18. The number of thiophene rings is 1. The van der Waals surface area contributed by atoms with Crippen molar-refractivity contribution >= 4 is 27.3 Å². The summed E-state index contributed by atoms with van der Waals surface area (Å²) in [5, 5.41) is 5.51. The Labute approximate surface area is 126 Å². The van der Waals surface area contributed by atoms with Gasteiger partial charge in [0.15, 0.2) is 0 Å². The van der Waals surface area contributed by atoms with Crippen molar-refractivity contribution in [2.75, 3.05) is 6.54 Å². The van der Waals surface area contributed by atoms with Crippen LogP contribution in [0.15, 0.2) is 34.1 Å². The highest BCUT2D eigenvalue weighted by molar-refractivity contribution is 9.10. The van der Waals surface area contributed by atoms with Crippen molar-refractivity contribution in [1.82, 2.24) is 5.32 Å². The highest BCUT2D eigenvalue weighted by atomic mass is 79.9. The van der Waals surface area contributed by atoms with Crippen LogP contribution in [-0.4, -0.2) is 6.54 Å². The van der Waals surface area contributed by atoms with E-state index in [4.69, 9.17) is 0 Å². The van der Waals surface area contributed by atoms with E-state index in [1.165, 1.54) is 4.88 Å². The second-order valence-electron chi connectivity index (χ2n) is 4.61. The molecule has 1 unspecified atom stereocenters. The Balaban J connectivity index is 2.23. The predicted octanol–water partition coefficient (Wildman–Crippen LogP) is 4.85. The summed E-state index contributed by atoms with van der Waals surface area (Å²) in [7, 11) is 0. The van der Waals surface area contributed by atoms with Crippen LogP contribution in [0.1, 0.15) is 29.0 Å². The Kier molecular flexibility index (Phi) is 5.13. The summed E-state index contributed by atoms with van der Waals surface area (Å²) in [4.78, 5) is 1.29. The average molecular weight is 342 g/mol. The second kappa shape index (κ2) is 6.64. The third-order valence-corrected chi connectivity index (χ3v) is 4.66. The minimum Gasteiger partial charge on any atom is -0.310 e. The van der Waals surface area contributed by atoms with Gasteiger partial charge < -0.3 is 5.32 Å². The first-order valence-corrected chi connectivity index (χ1v) is 7.99. The van der Waals surface area contributed by atoms with Crippen LogP contribution in [0.25, 0.3) is 0 Å². The van der Waals surface area contributed by atoms with Gasteiger partial charge >= 0.3 is 0 Å². The van der Waals surface area contributed by atoms with E-state index in [1.807, 2.05) is 6.92 Å². The summed E-state index contributed by atoms with van der Waals surface area (Å²) in [5.41, 5.74) is 1.98. The fourth-order valence-electron chi connectivity index (χ4n) is 2.18. The molecule has 0 spiro atoms. The Morgan fingerprint density at radius 2 is 2.11 bits per heavy atom. The quantitative estimate of drug-likeness (QED) is 0.819. The van der Waals surface area contributed by atoms with Crippen LogP contribution in [0.4, 0.5) is 4.39 Å². The zero-order valence-electron chi connectivity index (χ0n) is 11.0. The van der Waals surface area contributed by atoms with E-state index in [1.54, 1.807) is 23.5 Å². The maximum atomic E-state index is 13.5. The van der Waals surface area contributed by atoms with Crippen molar-refractivity contribution in [3.05, 3.63) is 55.9 Å². The van der Waals surface area contributed by atoms with E-state index in [0.29, 0.717) is 0 Å². The van der Waals surface area contributed by atoms with Crippen molar-refractivity contribution in [2.24, 2.45) is 0 Å². The summed E-state index contributed by atoms with van der Waals surface area (Å²) in [6.45, 7) is 4.87. The zero-order chi connectivity index (χ0) is 13.8. The molecule has 102 valence electrons. The first-order chi connectivity index (χ1) is 9.08. The van der Waals surface area contributed by atoms with Crippen LogP contribution in [-0.2, 0) is 6.42 Å². The SMILES string of the molecule is CCNC(Cc1cc(Br)cs1)c1cc(C)cc(F)c1. The molecule has 0 fully saturated rings. The molecule has 0 saturated carbocycles. The lowest BCUT2D eigenvalue weighted by Crippen LogP contribution is -2.22. The molecule has 2 aromatic rings. The summed E-state index contributed by atoms with van der Waals surface area (Å²) in [6.07, 6.45) is 0.882. The van der Waals surface area contributed by atoms with E-state index in [2.05, 4.69) is 45.7 Å². The van der Waals surface area contributed by atoms with Crippen LogP contribution in [0.3, 0.4) is 0 Å². The molecule has 1 nitrogen and oxygen atoms in total. The molecule has 4 heteroatoms. The van der Waals surface area contributed by atoms with Gasteiger partial charge in [0.05, 0.1) is 0 Å². The van der Waals surface area contributed by atoms with Gasteiger partial charge in [-0.25, -0.2) is 4.39 Å². The van der Waals surface area contributed by atoms with Crippen LogP contribution in [0.2, 0.25) is 0 Å². The number of hydrogen-bond acceptors (Lipinski definition) is 2. The highest BCUT2D eigenvalue weighted by Crippen LogP contribution is 2.26. The Bertz CT molecular complexity index is 533. The Morgan fingerprint density at radius 1 is 1.32 bits per heavy atom. The molecule has 0 aliphatic heterocycles. The number of likely N-dealkylation sites (N-methyl/N-ethyl adjacent to an activating group) is 1. The van der Waals surface area contributed by atoms with Crippen LogP contribution in [0, 0.1) is 12.7 Å². The summed E-state index contributed by atoms with van der Waals surface area (Å²) in [5.74, 6) is -0.162. The van der Waals surface area contributed by atoms with Crippen molar-refractivity contribution in [3.8, 4) is 0 Å². The van der Waals surface area contributed by atoms with E-state index in [0.717, 1.165) is 28.6 Å². The van der Waals surface area contributed by atoms with Gasteiger partial charge in [0.2, 0.25) is 0 Å². The largest absolute Gasteiger partial charge is 0.310 e. The molecule has 1 N–H and O–H groups in total.